The van der Waals surface area contributed by atoms with Gasteiger partial charge in [-0.3, -0.25) is 13.9 Å². The van der Waals surface area contributed by atoms with Gasteiger partial charge in [-0.1, -0.05) is 62.4 Å². The zero-order valence-electron chi connectivity index (χ0n) is 23.7. The van der Waals surface area contributed by atoms with Gasteiger partial charge in [-0.2, -0.15) is 0 Å². The van der Waals surface area contributed by atoms with Crippen molar-refractivity contribution in [1.29, 1.82) is 0 Å². The highest BCUT2D eigenvalue weighted by Crippen LogP contribution is 2.23. The quantitative estimate of drug-likeness (QED) is 0.346. The minimum Gasteiger partial charge on any atom is -0.354 e. The molecule has 0 bridgehead atoms. The molecule has 214 valence electrons. The van der Waals surface area contributed by atoms with Gasteiger partial charge in [0.05, 0.1) is 11.9 Å². The van der Waals surface area contributed by atoms with Crippen molar-refractivity contribution in [2.24, 2.45) is 5.92 Å². The van der Waals surface area contributed by atoms with Crippen molar-refractivity contribution in [2.45, 2.75) is 46.7 Å². The summed E-state index contributed by atoms with van der Waals surface area (Å²) >= 11 is 0. The number of hydrogen-bond acceptors (Lipinski definition) is 4. The topological polar surface area (TPSA) is 86.8 Å². The van der Waals surface area contributed by atoms with Crippen LogP contribution in [0, 0.1) is 25.6 Å². The van der Waals surface area contributed by atoms with Crippen molar-refractivity contribution in [2.75, 3.05) is 23.7 Å². The summed E-state index contributed by atoms with van der Waals surface area (Å²) in [7, 11) is -3.85. The Morgan fingerprint density at radius 1 is 0.900 bits per heavy atom. The lowest BCUT2D eigenvalue weighted by Gasteiger charge is -2.33. The molecule has 40 heavy (non-hydrogen) atoms. The molecule has 0 aliphatic heterocycles. The maximum absolute atomic E-state index is 14.1. The summed E-state index contributed by atoms with van der Waals surface area (Å²) in [5, 5.41) is 2.94. The van der Waals surface area contributed by atoms with Crippen molar-refractivity contribution in [3.63, 3.8) is 0 Å². The Balaban J connectivity index is 2.06. The zero-order chi connectivity index (χ0) is 29.4. The van der Waals surface area contributed by atoms with Crippen LogP contribution < -0.4 is 9.62 Å². The monoisotopic (exact) mass is 567 g/mol. The van der Waals surface area contributed by atoms with Crippen LogP contribution >= 0.6 is 0 Å². The highest BCUT2D eigenvalue weighted by atomic mass is 32.2. The molecular formula is C31H38FN3O4S. The number of sulfonamides is 1. The number of carbonyl (C=O) groups excluding carboxylic acids is 2. The summed E-state index contributed by atoms with van der Waals surface area (Å²) in [4.78, 5) is 29.0. The molecular weight excluding hydrogens is 529 g/mol. The number of carbonyl (C=O) groups is 2. The van der Waals surface area contributed by atoms with Gasteiger partial charge in [0.1, 0.15) is 18.4 Å². The molecule has 0 heterocycles. The lowest BCUT2D eigenvalue weighted by molar-refractivity contribution is -0.140. The molecule has 0 saturated carbocycles. The zero-order valence-corrected chi connectivity index (χ0v) is 24.5. The van der Waals surface area contributed by atoms with E-state index >= 15 is 0 Å². The van der Waals surface area contributed by atoms with Crippen LogP contribution in [0.15, 0.2) is 72.8 Å². The first kappa shape index (κ1) is 30.8. The van der Waals surface area contributed by atoms with Crippen LogP contribution in [0.4, 0.5) is 10.1 Å². The Morgan fingerprint density at radius 3 is 2.05 bits per heavy atom. The van der Waals surface area contributed by atoms with E-state index in [1.165, 1.54) is 17.0 Å². The third-order valence-electron chi connectivity index (χ3n) is 6.40. The Kier molecular flexibility index (Phi) is 10.5. The molecule has 0 aliphatic carbocycles. The van der Waals surface area contributed by atoms with Gasteiger partial charge >= 0.3 is 0 Å². The molecule has 3 aromatic rings. The standard InChI is InChI=1S/C31H38FN3O4S/c1-22(2)19-33-31(37)29(18-25-9-7-6-8-10-25)34(20-26-11-13-27(32)14-12-26)30(36)21-35(40(5,38)39)28-16-23(3)15-24(4)17-28/h6-17,22,29H,18-21H2,1-5H3,(H,33,37)/t29-/m0/s1. The molecule has 0 spiro atoms. The number of rotatable bonds is 12. The summed E-state index contributed by atoms with van der Waals surface area (Å²) in [5.74, 6) is -1.12. The van der Waals surface area contributed by atoms with Crippen LogP contribution in [0.1, 0.15) is 36.1 Å². The van der Waals surface area contributed by atoms with Crippen LogP contribution in [0.3, 0.4) is 0 Å². The van der Waals surface area contributed by atoms with Crippen LogP contribution in [0.5, 0.6) is 0 Å². The predicted molar refractivity (Wildman–Crippen MR) is 157 cm³/mol. The highest BCUT2D eigenvalue weighted by Gasteiger charge is 2.33. The lowest BCUT2D eigenvalue weighted by Crippen LogP contribution is -2.53. The normalized spacial score (nSPS) is 12.2. The van der Waals surface area contributed by atoms with Gasteiger partial charge in [-0.25, -0.2) is 12.8 Å². The molecule has 0 aromatic heterocycles. The van der Waals surface area contributed by atoms with Crippen molar-refractivity contribution in [1.82, 2.24) is 10.2 Å². The van der Waals surface area contributed by atoms with Crippen molar-refractivity contribution in [3.8, 4) is 0 Å². The van der Waals surface area contributed by atoms with Gasteiger partial charge in [-0.15, -0.1) is 0 Å². The smallest absolute Gasteiger partial charge is 0.244 e. The van der Waals surface area contributed by atoms with Gasteiger partial charge in [0.2, 0.25) is 21.8 Å². The molecule has 3 rings (SSSR count). The SMILES string of the molecule is Cc1cc(C)cc(N(CC(=O)N(Cc2ccc(F)cc2)[C@@H](Cc2ccccc2)C(=O)NCC(C)C)S(C)(=O)=O)c1. The Hall–Kier alpha value is -3.72. The second-order valence-electron chi connectivity index (χ2n) is 10.6. The van der Waals surface area contributed by atoms with E-state index in [1.807, 2.05) is 64.1 Å². The maximum atomic E-state index is 14.1. The molecule has 9 heteroatoms. The molecule has 0 aliphatic rings. The number of aryl methyl sites for hydroxylation is 2. The fourth-order valence-electron chi connectivity index (χ4n) is 4.47. The van der Waals surface area contributed by atoms with Crippen LogP contribution in [0.25, 0.3) is 0 Å². The fourth-order valence-corrected chi connectivity index (χ4v) is 5.30. The fraction of sp³-hybridized carbons (Fsp3) is 0.355. The lowest BCUT2D eigenvalue weighted by atomic mass is 10.0. The van der Waals surface area contributed by atoms with E-state index in [0.29, 0.717) is 17.8 Å². The number of benzene rings is 3. The van der Waals surface area contributed by atoms with E-state index in [0.717, 1.165) is 27.3 Å². The number of nitrogens with zero attached hydrogens (tertiary/aromatic N) is 2. The second-order valence-corrected chi connectivity index (χ2v) is 12.5. The van der Waals surface area contributed by atoms with E-state index in [1.54, 1.807) is 24.3 Å². The third-order valence-corrected chi connectivity index (χ3v) is 7.54. The summed E-state index contributed by atoms with van der Waals surface area (Å²) in [6.45, 7) is 7.58. The second kappa shape index (κ2) is 13.6. The van der Waals surface area contributed by atoms with Gasteiger partial charge in [0.25, 0.3) is 0 Å². The minimum atomic E-state index is -3.85. The summed E-state index contributed by atoms with van der Waals surface area (Å²) in [6.07, 6.45) is 1.28. The van der Waals surface area contributed by atoms with E-state index in [-0.39, 0.29) is 24.8 Å². The molecule has 0 fully saturated rings. The maximum Gasteiger partial charge on any atom is 0.244 e. The van der Waals surface area contributed by atoms with Gasteiger partial charge < -0.3 is 10.2 Å². The van der Waals surface area contributed by atoms with Gasteiger partial charge in [-0.05, 0) is 66.3 Å². The van der Waals surface area contributed by atoms with E-state index in [4.69, 9.17) is 0 Å². The third kappa shape index (κ3) is 8.91. The van der Waals surface area contributed by atoms with E-state index < -0.39 is 34.3 Å². The van der Waals surface area contributed by atoms with Crippen LogP contribution in [-0.2, 0) is 32.6 Å². The predicted octanol–water partition coefficient (Wildman–Crippen LogP) is 4.62. The summed E-state index contributed by atoms with van der Waals surface area (Å²) in [6, 6.07) is 19.4. The molecule has 0 unspecified atom stereocenters. The summed E-state index contributed by atoms with van der Waals surface area (Å²) in [5.41, 5.74) is 3.54. The Morgan fingerprint density at radius 2 is 1.50 bits per heavy atom. The highest BCUT2D eigenvalue weighted by molar-refractivity contribution is 7.92. The molecule has 7 nitrogen and oxygen atoms in total. The molecule has 1 N–H and O–H groups in total. The number of hydrogen-bond donors (Lipinski definition) is 1. The minimum absolute atomic E-state index is 0.00381. The molecule has 3 aromatic carbocycles. The Labute approximate surface area is 237 Å². The largest absolute Gasteiger partial charge is 0.354 e. The first-order valence-electron chi connectivity index (χ1n) is 13.2. The molecule has 0 saturated heterocycles. The molecule has 1 atom stereocenters. The summed E-state index contributed by atoms with van der Waals surface area (Å²) < 4.78 is 40.6. The average Bonchev–Trinajstić information content (AvgIpc) is 2.88. The van der Waals surface area contributed by atoms with Crippen molar-refractivity contribution < 1.29 is 22.4 Å². The number of halogens is 1. The van der Waals surface area contributed by atoms with Gasteiger partial charge in [0.15, 0.2) is 0 Å². The number of anilines is 1. The number of amides is 2. The van der Waals surface area contributed by atoms with E-state index in [2.05, 4.69) is 5.32 Å². The van der Waals surface area contributed by atoms with Crippen molar-refractivity contribution >= 4 is 27.5 Å². The molecule has 0 radical (unpaired) electrons. The van der Waals surface area contributed by atoms with Crippen LogP contribution in [0.2, 0.25) is 0 Å². The van der Waals surface area contributed by atoms with Crippen molar-refractivity contribution in [3.05, 3.63) is 101 Å². The Bertz CT molecular complexity index is 1390. The van der Waals surface area contributed by atoms with E-state index in [9.17, 15) is 22.4 Å². The first-order valence-corrected chi connectivity index (χ1v) is 15.1. The van der Waals surface area contributed by atoms with Gasteiger partial charge in [0, 0.05) is 19.5 Å². The number of nitrogens with one attached hydrogen (secondary N) is 1. The first-order chi connectivity index (χ1) is 18.8. The average molecular weight is 568 g/mol. The molecule has 2 amide bonds. The van der Waals surface area contributed by atoms with Crippen LogP contribution in [-0.4, -0.2) is 50.5 Å².